The molecule has 0 fully saturated rings. The SMILES string of the molecule is COc1ccc(CN(C(=O)C(Cc2c(C)cc(C(N)=O)cc2C)NC(=O)OC(C)(C)C)C(C)c2ncc(-c3cccc(Br)c3)[nH]2)cc1OC. The molecule has 49 heavy (non-hydrogen) atoms. The van der Waals surface area contributed by atoms with Gasteiger partial charge in [-0.15, -0.1) is 0 Å². The van der Waals surface area contributed by atoms with Crippen molar-refractivity contribution in [3.8, 4) is 22.8 Å². The second-order valence-corrected chi connectivity index (χ2v) is 13.8. The lowest BCUT2D eigenvalue weighted by Crippen LogP contribution is -2.51. The Morgan fingerprint density at radius 3 is 2.27 bits per heavy atom. The van der Waals surface area contributed by atoms with Crippen LogP contribution in [-0.4, -0.2) is 58.6 Å². The fourth-order valence-electron chi connectivity index (χ4n) is 5.59. The van der Waals surface area contributed by atoms with Gasteiger partial charge in [0.1, 0.15) is 17.5 Å². The van der Waals surface area contributed by atoms with Crippen molar-refractivity contribution >= 4 is 33.8 Å². The molecule has 12 heteroatoms. The van der Waals surface area contributed by atoms with Gasteiger partial charge < -0.3 is 35.1 Å². The minimum atomic E-state index is -1.05. The molecule has 0 aliphatic carbocycles. The van der Waals surface area contributed by atoms with Crippen LogP contribution in [0.25, 0.3) is 11.3 Å². The minimum Gasteiger partial charge on any atom is -0.493 e. The summed E-state index contributed by atoms with van der Waals surface area (Å²) in [6.07, 6.45) is 1.13. The number of aromatic amines is 1. The van der Waals surface area contributed by atoms with Crippen molar-refractivity contribution in [1.29, 1.82) is 0 Å². The van der Waals surface area contributed by atoms with Gasteiger partial charge in [0, 0.05) is 28.6 Å². The zero-order valence-electron chi connectivity index (χ0n) is 29.1. The zero-order valence-corrected chi connectivity index (χ0v) is 30.7. The molecular weight excluding hydrogens is 690 g/mol. The van der Waals surface area contributed by atoms with Crippen LogP contribution in [0.2, 0.25) is 0 Å². The monoisotopic (exact) mass is 733 g/mol. The van der Waals surface area contributed by atoms with Crippen LogP contribution < -0.4 is 20.5 Å². The molecule has 4 aromatic rings. The number of nitrogens with two attached hydrogens (primary N) is 1. The van der Waals surface area contributed by atoms with Crippen molar-refractivity contribution in [3.63, 3.8) is 0 Å². The number of alkyl carbamates (subject to hydrolysis) is 1. The van der Waals surface area contributed by atoms with Crippen LogP contribution in [0.4, 0.5) is 4.79 Å². The number of carbonyl (C=O) groups excluding carboxylic acids is 3. The average Bonchev–Trinajstić information content (AvgIpc) is 3.53. The maximum Gasteiger partial charge on any atom is 0.408 e. The summed E-state index contributed by atoms with van der Waals surface area (Å²) in [5.74, 6) is 0.702. The summed E-state index contributed by atoms with van der Waals surface area (Å²) in [6, 6.07) is 15.0. The first-order valence-corrected chi connectivity index (χ1v) is 16.6. The van der Waals surface area contributed by atoms with E-state index in [-0.39, 0.29) is 18.9 Å². The van der Waals surface area contributed by atoms with Crippen molar-refractivity contribution < 1.29 is 28.6 Å². The molecular formula is C37H44BrN5O6. The lowest BCUT2D eigenvalue weighted by atomic mass is 9.93. The number of H-pyrrole nitrogens is 1. The molecule has 2 unspecified atom stereocenters. The minimum absolute atomic E-state index is 0.130. The van der Waals surface area contributed by atoms with Crippen LogP contribution in [0.15, 0.2) is 65.3 Å². The average molecular weight is 735 g/mol. The molecule has 1 aromatic heterocycles. The molecule has 3 aromatic carbocycles. The zero-order chi connectivity index (χ0) is 36.0. The van der Waals surface area contributed by atoms with E-state index in [2.05, 4.69) is 31.2 Å². The lowest BCUT2D eigenvalue weighted by Gasteiger charge is -2.33. The number of rotatable bonds is 12. The van der Waals surface area contributed by atoms with Crippen molar-refractivity contribution in [2.24, 2.45) is 5.73 Å². The molecule has 2 atom stereocenters. The molecule has 3 amide bonds. The van der Waals surface area contributed by atoms with E-state index < -0.39 is 29.7 Å². The van der Waals surface area contributed by atoms with Gasteiger partial charge in [-0.05, 0) is 100 Å². The van der Waals surface area contributed by atoms with Gasteiger partial charge >= 0.3 is 6.09 Å². The molecule has 260 valence electrons. The Morgan fingerprint density at radius 1 is 1.00 bits per heavy atom. The van der Waals surface area contributed by atoms with E-state index in [0.717, 1.165) is 38.0 Å². The van der Waals surface area contributed by atoms with E-state index in [1.54, 1.807) is 64.3 Å². The molecule has 4 rings (SSSR count). The van der Waals surface area contributed by atoms with Crippen LogP contribution in [0, 0.1) is 13.8 Å². The van der Waals surface area contributed by atoms with Crippen LogP contribution in [0.1, 0.15) is 72.2 Å². The summed E-state index contributed by atoms with van der Waals surface area (Å²) in [5, 5.41) is 2.84. The third-order valence-electron chi connectivity index (χ3n) is 8.06. The first-order chi connectivity index (χ1) is 23.1. The smallest absolute Gasteiger partial charge is 0.408 e. The number of ether oxygens (including phenoxy) is 3. The number of nitrogens with zero attached hydrogens (tertiary/aromatic N) is 2. The number of halogens is 1. The Labute approximate surface area is 295 Å². The number of nitrogens with one attached hydrogen (secondary N) is 2. The Kier molecular flexibility index (Phi) is 11.8. The number of benzene rings is 3. The highest BCUT2D eigenvalue weighted by atomic mass is 79.9. The van der Waals surface area contributed by atoms with E-state index in [0.29, 0.717) is 22.9 Å². The molecule has 0 aliphatic rings. The number of carbonyl (C=O) groups is 3. The summed E-state index contributed by atoms with van der Waals surface area (Å²) in [4.78, 5) is 49.7. The topological polar surface area (TPSA) is 149 Å². The number of aromatic nitrogens is 2. The summed E-state index contributed by atoms with van der Waals surface area (Å²) in [6.45, 7) is 11.0. The predicted octanol–water partition coefficient (Wildman–Crippen LogP) is 6.80. The van der Waals surface area contributed by atoms with E-state index >= 15 is 0 Å². The standard InChI is InChI=1S/C37H44BrN5O6/c1-21-14-26(33(39)44)15-22(2)28(21)18-29(42-36(46)49-37(4,5)6)35(45)43(20-24-12-13-31(47-7)32(16-24)48-8)23(3)34-40-19-30(41-34)25-10-9-11-27(38)17-25/h9-17,19,23,29H,18,20H2,1-8H3,(H2,39,44)(H,40,41)(H,42,46). The van der Waals surface area contributed by atoms with Crippen LogP contribution in [-0.2, 0) is 22.5 Å². The maximum absolute atomic E-state index is 14.8. The van der Waals surface area contributed by atoms with Crippen LogP contribution >= 0.6 is 15.9 Å². The molecule has 0 aliphatic heterocycles. The summed E-state index contributed by atoms with van der Waals surface area (Å²) in [5.41, 5.74) is 9.94. The number of primary amides is 1. The number of aryl methyl sites for hydroxylation is 2. The van der Waals surface area contributed by atoms with Crippen LogP contribution in [0.5, 0.6) is 11.5 Å². The first-order valence-electron chi connectivity index (χ1n) is 15.8. The van der Waals surface area contributed by atoms with E-state index in [4.69, 9.17) is 19.9 Å². The molecule has 11 nitrogen and oxygen atoms in total. The van der Waals surface area contributed by atoms with Gasteiger partial charge in [-0.1, -0.05) is 34.1 Å². The van der Waals surface area contributed by atoms with E-state index in [9.17, 15) is 14.4 Å². The van der Waals surface area contributed by atoms with Crippen molar-refractivity contribution in [1.82, 2.24) is 20.2 Å². The Balaban J connectivity index is 1.79. The second-order valence-electron chi connectivity index (χ2n) is 12.9. The third kappa shape index (κ3) is 9.41. The van der Waals surface area contributed by atoms with E-state index in [1.165, 1.54) is 0 Å². The largest absolute Gasteiger partial charge is 0.493 e. The fourth-order valence-corrected chi connectivity index (χ4v) is 5.99. The maximum atomic E-state index is 14.8. The van der Waals surface area contributed by atoms with E-state index in [1.807, 2.05) is 57.2 Å². The molecule has 1 heterocycles. The van der Waals surface area contributed by atoms with Crippen molar-refractivity contribution in [3.05, 3.63) is 98.9 Å². The number of hydrogen-bond acceptors (Lipinski definition) is 7. The molecule has 0 bridgehead atoms. The third-order valence-corrected chi connectivity index (χ3v) is 8.55. The highest BCUT2D eigenvalue weighted by Gasteiger charge is 2.33. The normalized spacial score (nSPS) is 12.5. The number of methoxy groups -OCH3 is 2. The quantitative estimate of drug-likeness (QED) is 0.145. The highest BCUT2D eigenvalue weighted by molar-refractivity contribution is 9.10. The number of amides is 3. The van der Waals surface area contributed by atoms with Crippen molar-refractivity contribution in [2.75, 3.05) is 14.2 Å². The molecule has 0 radical (unpaired) electrons. The highest BCUT2D eigenvalue weighted by Crippen LogP contribution is 2.31. The Bertz CT molecular complexity index is 1810. The van der Waals surface area contributed by atoms with Gasteiger partial charge in [0.25, 0.3) is 0 Å². The van der Waals surface area contributed by atoms with Crippen molar-refractivity contribution in [2.45, 2.75) is 72.2 Å². The fraction of sp³-hybridized carbons (Fsp3) is 0.351. The predicted molar refractivity (Wildman–Crippen MR) is 192 cm³/mol. The molecule has 0 saturated heterocycles. The molecule has 4 N–H and O–H groups in total. The summed E-state index contributed by atoms with van der Waals surface area (Å²) >= 11 is 3.52. The Hall–Kier alpha value is -4.84. The van der Waals surface area contributed by atoms with Gasteiger partial charge in [-0.25, -0.2) is 9.78 Å². The van der Waals surface area contributed by atoms with Gasteiger partial charge in [0.2, 0.25) is 11.8 Å². The summed E-state index contributed by atoms with van der Waals surface area (Å²) in [7, 11) is 3.11. The van der Waals surface area contributed by atoms with Gasteiger partial charge in [-0.3, -0.25) is 9.59 Å². The lowest BCUT2D eigenvalue weighted by molar-refractivity contribution is -0.136. The van der Waals surface area contributed by atoms with Gasteiger partial charge in [0.15, 0.2) is 11.5 Å². The summed E-state index contributed by atoms with van der Waals surface area (Å²) < 4.78 is 17.5. The number of hydrogen-bond donors (Lipinski definition) is 3. The first kappa shape index (κ1) is 37.0. The van der Waals surface area contributed by atoms with Gasteiger partial charge in [0.05, 0.1) is 32.2 Å². The Morgan fingerprint density at radius 2 is 1.67 bits per heavy atom. The second kappa shape index (κ2) is 15.6. The van der Waals surface area contributed by atoms with Gasteiger partial charge in [-0.2, -0.15) is 0 Å². The molecule has 0 saturated carbocycles. The number of imidazole rings is 1. The van der Waals surface area contributed by atoms with Crippen LogP contribution in [0.3, 0.4) is 0 Å². The molecule has 0 spiro atoms.